The Balaban J connectivity index is 2.05. The second-order valence-electron chi connectivity index (χ2n) is 6.45. The molecule has 2 aromatic heterocycles. The smallest absolute Gasteiger partial charge is 0.303 e. The van der Waals surface area contributed by atoms with Gasteiger partial charge in [-0.3, -0.25) is 19.0 Å². The zero-order valence-corrected chi connectivity index (χ0v) is 18.2. The van der Waals surface area contributed by atoms with Gasteiger partial charge in [-0.25, -0.2) is 9.97 Å². The maximum absolute atomic E-state index is 12.2. The van der Waals surface area contributed by atoms with E-state index in [1.807, 2.05) is 0 Å². The van der Waals surface area contributed by atoms with Gasteiger partial charge in [-0.05, 0) is 25.4 Å². The second kappa shape index (κ2) is 9.10. The molecular weight excluding hydrogens is 436 g/mol. The molecule has 0 spiro atoms. The minimum absolute atomic E-state index is 0.114. The number of carbonyl (C=O) groups excluding carboxylic acids is 2. The molecule has 0 aliphatic carbocycles. The first-order valence-electron chi connectivity index (χ1n) is 8.85. The number of carbonyl (C=O) groups is 2. The van der Waals surface area contributed by atoms with Crippen LogP contribution in [0.25, 0.3) is 11.2 Å². The summed E-state index contributed by atoms with van der Waals surface area (Å²) < 4.78 is 24.1. The van der Waals surface area contributed by atoms with Gasteiger partial charge in [0.2, 0.25) is 4.38 Å². The van der Waals surface area contributed by atoms with Crippen LogP contribution in [0.3, 0.4) is 0 Å². The molecule has 1 unspecified atom stereocenters. The van der Waals surface area contributed by atoms with Crippen LogP contribution in [0.15, 0.2) is 11.1 Å². The number of aromatic nitrogens is 4. The Morgan fingerprint density at radius 1 is 1.30 bits per heavy atom. The minimum Gasteiger partial charge on any atom is -0.466 e. The van der Waals surface area contributed by atoms with E-state index in [9.17, 15) is 14.4 Å². The van der Waals surface area contributed by atoms with Gasteiger partial charge in [-0.1, -0.05) is 11.8 Å². The number of H-pyrrole nitrogens is 1. The van der Waals surface area contributed by atoms with Crippen molar-refractivity contribution in [2.75, 3.05) is 12.9 Å². The molecule has 1 fully saturated rings. The van der Waals surface area contributed by atoms with Crippen molar-refractivity contribution in [1.82, 2.24) is 19.5 Å². The Hall–Kier alpha value is -2.51. The van der Waals surface area contributed by atoms with E-state index >= 15 is 0 Å². The van der Waals surface area contributed by atoms with Gasteiger partial charge in [-0.2, -0.15) is 0 Å². The molecule has 0 saturated carbocycles. The summed E-state index contributed by atoms with van der Waals surface area (Å²) in [5.74, 6) is -0.698. The molecule has 1 N–H and O–H groups in total. The molecule has 0 bridgehead atoms. The Kier molecular flexibility index (Phi) is 6.73. The average molecular weight is 457 g/mol. The number of hydrogen-bond acceptors (Lipinski definition) is 11. The van der Waals surface area contributed by atoms with E-state index in [2.05, 4.69) is 15.0 Å². The number of aromatic amines is 1. The molecule has 1 aliphatic rings. The summed E-state index contributed by atoms with van der Waals surface area (Å²) in [6.45, 7) is 3.97. The quantitative estimate of drug-likeness (QED) is 0.507. The van der Waals surface area contributed by atoms with E-state index in [0.717, 1.165) is 0 Å². The summed E-state index contributed by atoms with van der Waals surface area (Å²) in [5, 5.41) is 0. The third-order valence-corrected chi connectivity index (χ3v) is 5.29. The highest BCUT2D eigenvalue weighted by Crippen LogP contribution is 2.36. The predicted octanol–water partition coefficient (Wildman–Crippen LogP) is 0.853. The van der Waals surface area contributed by atoms with E-state index in [0.29, 0.717) is 5.82 Å². The summed E-state index contributed by atoms with van der Waals surface area (Å²) >= 11 is 6.38. The topological polar surface area (TPSA) is 135 Å². The zero-order valence-electron chi connectivity index (χ0n) is 16.6. The molecule has 4 atom stereocenters. The van der Waals surface area contributed by atoms with Crippen LogP contribution in [0.5, 0.6) is 0 Å². The van der Waals surface area contributed by atoms with Gasteiger partial charge in [0.15, 0.2) is 29.6 Å². The third kappa shape index (κ3) is 4.63. The maximum Gasteiger partial charge on any atom is 0.303 e. The number of rotatable bonds is 5. The first kappa shape index (κ1) is 22.2. The van der Waals surface area contributed by atoms with Gasteiger partial charge in [0.05, 0.1) is 6.33 Å². The summed E-state index contributed by atoms with van der Waals surface area (Å²) in [6.07, 6.45) is -0.446. The van der Waals surface area contributed by atoms with Crippen LogP contribution in [0.1, 0.15) is 25.9 Å². The SMILES string of the molecule is CSC(=S)OC1[C@@H](OC(C)=O)[C@@H](COC(C)=O)O[C@H]1n1cnc2c(=O)[nH]c(C)nc21. The van der Waals surface area contributed by atoms with E-state index in [1.165, 1.54) is 36.5 Å². The molecule has 3 rings (SSSR count). The highest BCUT2D eigenvalue weighted by molar-refractivity contribution is 8.22. The standard InChI is InChI=1S/C17H20N4O7S2/c1-7-19-14-11(15(24)20-7)18-6-21(14)16-13(28-17(29)30-4)12(26-9(3)23)10(27-16)5-25-8(2)22/h6,10,12-13,16H,5H2,1-4H3,(H,19,20,24)/t10-,12+,13?,16-/m1/s1. The summed E-state index contributed by atoms with van der Waals surface area (Å²) in [7, 11) is 0. The fourth-order valence-corrected chi connectivity index (χ4v) is 3.42. The van der Waals surface area contributed by atoms with E-state index < -0.39 is 42.0 Å². The summed E-state index contributed by atoms with van der Waals surface area (Å²) in [4.78, 5) is 46.2. The van der Waals surface area contributed by atoms with Crippen molar-refractivity contribution in [3.8, 4) is 0 Å². The number of ether oxygens (including phenoxy) is 4. The van der Waals surface area contributed by atoms with Crippen molar-refractivity contribution < 1.29 is 28.5 Å². The van der Waals surface area contributed by atoms with Crippen molar-refractivity contribution in [3.05, 3.63) is 22.5 Å². The van der Waals surface area contributed by atoms with Crippen LogP contribution in [-0.2, 0) is 28.5 Å². The molecular formula is C17H20N4O7S2. The molecule has 30 heavy (non-hydrogen) atoms. The number of imidazole rings is 1. The first-order valence-corrected chi connectivity index (χ1v) is 10.5. The van der Waals surface area contributed by atoms with Crippen molar-refractivity contribution in [2.24, 2.45) is 0 Å². The molecule has 13 heteroatoms. The fourth-order valence-electron chi connectivity index (χ4n) is 3.11. The van der Waals surface area contributed by atoms with Crippen LogP contribution in [-0.4, -0.2) is 67.0 Å². The number of thioether (sulfide) groups is 1. The van der Waals surface area contributed by atoms with Crippen molar-refractivity contribution in [3.63, 3.8) is 0 Å². The number of nitrogens with one attached hydrogen (secondary N) is 1. The van der Waals surface area contributed by atoms with Gasteiger partial charge < -0.3 is 23.9 Å². The number of fused-ring (bicyclic) bond motifs is 1. The van der Waals surface area contributed by atoms with E-state index in [4.69, 9.17) is 31.2 Å². The predicted molar refractivity (Wildman–Crippen MR) is 110 cm³/mol. The molecule has 11 nitrogen and oxygen atoms in total. The monoisotopic (exact) mass is 456 g/mol. The molecule has 1 saturated heterocycles. The second-order valence-corrected chi connectivity index (χ2v) is 7.86. The van der Waals surface area contributed by atoms with Crippen LogP contribution < -0.4 is 5.56 Å². The lowest BCUT2D eigenvalue weighted by Gasteiger charge is -2.24. The lowest BCUT2D eigenvalue weighted by atomic mass is 10.1. The highest BCUT2D eigenvalue weighted by atomic mass is 32.2. The van der Waals surface area contributed by atoms with Crippen LogP contribution in [0.4, 0.5) is 0 Å². The summed E-state index contributed by atoms with van der Waals surface area (Å²) in [5.41, 5.74) is -0.0261. The fraction of sp³-hybridized carbons (Fsp3) is 0.529. The number of esters is 2. The molecule has 1 aliphatic heterocycles. The van der Waals surface area contributed by atoms with Crippen LogP contribution in [0, 0.1) is 6.92 Å². The molecule has 0 radical (unpaired) electrons. The molecule has 0 aromatic carbocycles. The Bertz CT molecular complexity index is 1040. The van der Waals surface area contributed by atoms with E-state index in [-0.39, 0.29) is 22.2 Å². The molecule has 162 valence electrons. The lowest BCUT2D eigenvalue weighted by molar-refractivity contribution is -0.157. The minimum atomic E-state index is -0.933. The molecule has 3 heterocycles. The zero-order chi connectivity index (χ0) is 22.0. The van der Waals surface area contributed by atoms with Crippen molar-refractivity contribution >= 4 is 51.5 Å². The Labute approximate surface area is 180 Å². The number of hydrogen-bond donors (Lipinski definition) is 1. The lowest BCUT2D eigenvalue weighted by Crippen LogP contribution is -2.40. The number of nitrogens with zero attached hydrogens (tertiary/aromatic N) is 3. The van der Waals surface area contributed by atoms with Gasteiger partial charge in [0, 0.05) is 13.8 Å². The Morgan fingerprint density at radius 2 is 2.03 bits per heavy atom. The Morgan fingerprint density at radius 3 is 2.67 bits per heavy atom. The first-order chi connectivity index (χ1) is 14.2. The maximum atomic E-state index is 12.2. The largest absolute Gasteiger partial charge is 0.466 e. The average Bonchev–Trinajstić information content (AvgIpc) is 3.21. The van der Waals surface area contributed by atoms with Crippen molar-refractivity contribution in [2.45, 2.75) is 45.3 Å². The summed E-state index contributed by atoms with van der Waals surface area (Å²) in [6, 6.07) is 0. The number of aryl methyl sites for hydroxylation is 1. The van der Waals surface area contributed by atoms with Crippen molar-refractivity contribution in [1.29, 1.82) is 0 Å². The van der Waals surface area contributed by atoms with Gasteiger partial charge in [0.1, 0.15) is 18.5 Å². The van der Waals surface area contributed by atoms with Gasteiger partial charge in [0.25, 0.3) is 5.56 Å². The molecule has 2 aromatic rings. The van der Waals surface area contributed by atoms with E-state index in [1.54, 1.807) is 13.2 Å². The van der Waals surface area contributed by atoms with Crippen LogP contribution >= 0.6 is 24.0 Å². The van der Waals surface area contributed by atoms with Gasteiger partial charge in [-0.15, -0.1) is 0 Å². The van der Waals surface area contributed by atoms with Crippen LogP contribution in [0.2, 0.25) is 0 Å². The molecule has 0 amide bonds. The number of thiocarbonyl (C=S) groups is 1. The third-order valence-electron chi connectivity index (χ3n) is 4.26. The highest BCUT2D eigenvalue weighted by Gasteiger charge is 2.51. The van der Waals surface area contributed by atoms with Gasteiger partial charge >= 0.3 is 11.9 Å². The normalized spacial score (nSPS) is 23.3.